The van der Waals surface area contributed by atoms with Crippen molar-refractivity contribution in [1.29, 1.82) is 0 Å². The van der Waals surface area contributed by atoms with Crippen molar-refractivity contribution in [2.24, 2.45) is 16.6 Å². The number of primary amides is 1. The van der Waals surface area contributed by atoms with Crippen molar-refractivity contribution in [3.63, 3.8) is 0 Å². The van der Waals surface area contributed by atoms with Crippen LogP contribution in [0, 0.1) is 11.7 Å². The van der Waals surface area contributed by atoms with Gasteiger partial charge in [-0.1, -0.05) is 24.3 Å². The van der Waals surface area contributed by atoms with Gasteiger partial charge in [-0.3, -0.25) is 9.79 Å². The van der Waals surface area contributed by atoms with Gasteiger partial charge in [0.05, 0.1) is 19.1 Å². The van der Waals surface area contributed by atoms with E-state index in [0.29, 0.717) is 32.1 Å². The molecule has 0 radical (unpaired) electrons. The number of carbonyl (C=O) groups excluding carboxylic acids is 1. The van der Waals surface area contributed by atoms with Gasteiger partial charge in [-0.05, 0) is 55.7 Å². The highest BCUT2D eigenvalue weighted by atomic mass is 19.1. The van der Waals surface area contributed by atoms with E-state index in [-0.39, 0.29) is 12.4 Å². The Kier molecular flexibility index (Phi) is 9.12. The molecule has 0 aliphatic rings. The minimum absolute atomic E-state index is 0.253. The van der Waals surface area contributed by atoms with Gasteiger partial charge in [0.1, 0.15) is 11.6 Å². The highest BCUT2D eigenvalue weighted by Crippen LogP contribution is 2.14. The van der Waals surface area contributed by atoms with Gasteiger partial charge in [0.15, 0.2) is 5.96 Å². The lowest BCUT2D eigenvalue weighted by atomic mass is 9.99. The predicted molar refractivity (Wildman–Crippen MR) is 118 cm³/mol. The molecule has 0 fully saturated rings. The van der Waals surface area contributed by atoms with E-state index in [4.69, 9.17) is 10.5 Å². The van der Waals surface area contributed by atoms with Crippen LogP contribution in [-0.4, -0.2) is 43.5 Å². The second-order valence-electron chi connectivity index (χ2n) is 7.06. The van der Waals surface area contributed by atoms with Gasteiger partial charge >= 0.3 is 0 Å². The Morgan fingerprint density at radius 2 is 1.77 bits per heavy atom. The van der Waals surface area contributed by atoms with Crippen LogP contribution in [0.15, 0.2) is 53.5 Å². The first kappa shape index (κ1) is 23.2. The third-order valence-corrected chi connectivity index (χ3v) is 4.61. The van der Waals surface area contributed by atoms with Crippen LogP contribution < -0.4 is 15.8 Å². The lowest BCUT2D eigenvalue weighted by molar-refractivity contribution is -0.121. The molecule has 0 heterocycles. The Bertz CT molecular complexity index is 822. The van der Waals surface area contributed by atoms with Crippen LogP contribution in [0.3, 0.4) is 0 Å². The summed E-state index contributed by atoms with van der Waals surface area (Å²) in [5.74, 6) is 0.333. The Balaban J connectivity index is 2.05. The van der Waals surface area contributed by atoms with Crippen molar-refractivity contribution in [1.82, 2.24) is 10.2 Å². The highest BCUT2D eigenvalue weighted by molar-refractivity contribution is 5.81. The summed E-state index contributed by atoms with van der Waals surface area (Å²) in [6, 6.07) is 14.0. The Morgan fingerprint density at radius 3 is 2.33 bits per heavy atom. The lowest BCUT2D eigenvalue weighted by Gasteiger charge is -2.23. The van der Waals surface area contributed by atoms with E-state index in [2.05, 4.69) is 10.3 Å². The second-order valence-corrected chi connectivity index (χ2v) is 7.06. The lowest BCUT2D eigenvalue weighted by Crippen LogP contribution is -2.39. The molecule has 0 aromatic heterocycles. The van der Waals surface area contributed by atoms with E-state index in [9.17, 15) is 9.18 Å². The van der Waals surface area contributed by atoms with E-state index in [1.165, 1.54) is 12.1 Å². The van der Waals surface area contributed by atoms with Gasteiger partial charge in [-0.15, -0.1) is 0 Å². The second kappa shape index (κ2) is 11.8. The zero-order chi connectivity index (χ0) is 21.9. The number of nitrogens with one attached hydrogen (secondary N) is 1. The highest BCUT2D eigenvalue weighted by Gasteiger charge is 2.17. The van der Waals surface area contributed by atoms with Gasteiger partial charge in [0.25, 0.3) is 0 Å². The zero-order valence-corrected chi connectivity index (χ0v) is 17.9. The minimum atomic E-state index is -0.469. The van der Waals surface area contributed by atoms with E-state index in [1.807, 2.05) is 50.1 Å². The molecule has 1 amide bonds. The van der Waals surface area contributed by atoms with Gasteiger partial charge < -0.3 is 20.7 Å². The molecule has 2 rings (SSSR count). The van der Waals surface area contributed by atoms with Crippen LogP contribution in [-0.2, 0) is 17.8 Å². The number of carbonyl (C=O) groups is 1. The van der Waals surface area contributed by atoms with Crippen LogP contribution in [0.1, 0.15) is 25.0 Å². The van der Waals surface area contributed by atoms with Crippen LogP contribution in [0.25, 0.3) is 0 Å². The molecule has 162 valence electrons. The molecule has 0 aliphatic carbocycles. The van der Waals surface area contributed by atoms with Crippen LogP contribution >= 0.6 is 0 Å². The summed E-state index contributed by atoms with van der Waals surface area (Å²) in [4.78, 5) is 18.5. The largest absolute Gasteiger partial charge is 0.494 e. The number of nitrogens with two attached hydrogens (primary N) is 1. The molecule has 30 heavy (non-hydrogen) atoms. The van der Waals surface area contributed by atoms with E-state index < -0.39 is 11.8 Å². The number of rotatable bonds is 10. The number of aliphatic imine (C=N–C) groups is 1. The molecule has 2 aromatic carbocycles. The number of amides is 1. The molecule has 6 nitrogen and oxygen atoms in total. The fourth-order valence-corrected chi connectivity index (χ4v) is 3.03. The Hall–Kier alpha value is -3.09. The fourth-order valence-electron chi connectivity index (χ4n) is 3.03. The normalized spacial score (nSPS) is 12.3. The molecule has 7 heteroatoms. The average Bonchev–Trinajstić information content (AvgIpc) is 2.72. The molecule has 0 saturated heterocycles. The van der Waals surface area contributed by atoms with Crippen LogP contribution in [0.5, 0.6) is 5.75 Å². The molecule has 0 saturated carbocycles. The van der Waals surface area contributed by atoms with Crippen LogP contribution in [0.2, 0.25) is 0 Å². The van der Waals surface area contributed by atoms with Crippen molar-refractivity contribution in [3.05, 3.63) is 65.5 Å². The molecule has 1 unspecified atom stereocenters. The number of guanidine groups is 1. The maximum Gasteiger partial charge on any atom is 0.222 e. The number of hydrogen-bond acceptors (Lipinski definition) is 3. The monoisotopic (exact) mass is 414 g/mol. The quantitative estimate of drug-likeness (QED) is 0.463. The van der Waals surface area contributed by atoms with Gasteiger partial charge in [-0.2, -0.15) is 0 Å². The van der Waals surface area contributed by atoms with Crippen molar-refractivity contribution in [2.45, 2.75) is 26.8 Å². The predicted octanol–water partition coefficient (Wildman–Crippen LogP) is 2.97. The van der Waals surface area contributed by atoms with Gasteiger partial charge in [0.2, 0.25) is 5.91 Å². The zero-order valence-electron chi connectivity index (χ0n) is 17.9. The summed E-state index contributed by atoms with van der Waals surface area (Å²) in [5.41, 5.74) is 7.55. The molecule has 0 aliphatic heterocycles. The smallest absolute Gasteiger partial charge is 0.222 e. The van der Waals surface area contributed by atoms with E-state index >= 15 is 0 Å². The number of benzene rings is 2. The maximum atomic E-state index is 13.1. The third kappa shape index (κ3) is 7.39. The van der Waals surface area contributed by atoms with E-state index in [0.717, 1.165) is 16.9 Å². The first-order chi connectivity index (χ1) is 14.4. The first-order valence-corrected chi connectivity index (χ1v) is 10.2. The van der Waals surface area contributed by atoms with Gasteiger partial charge in [-0.25, -0.2) is 4.39 Å². The minimum Gasteiger partial charge on any atom is -0.494 e. The Morgan fingerprint density at radius 1 is 1.13 bits per heavy atom. The van der Waals surface area contributed by atoms with Crippen molar-refractivity contribution < 1.29 is 13.9 Å². The summed E-state index contributed by atoms with van der Waals surface area (Å²) < 4.78 is 18.6. The number of ether oxygens (including phenoxy) is 1. The Labute approximate surface area is 177 Å². The number of halogens is 1. The van der Waals surface area contributed by atoms with E-state index in [1.54, 1.807) is 12.1 Å². The summed E-state index contributed by atoms with van der Waals surface area (Å²) in [7, 11) is 1.94. The third-order valence-electron chi connectivity index (χ3n) is 4.61. The molecular formula is C23H31FN4O2. The summed E-state index contributed by atoms with van der Waals surface area (Å²) >= 11 is 0. The molecular weight excluding hydrogens is 383 g/mol. The van der Waals surface area contributed by atoms with Crippen LogP contribution in [0.4, 0.5) is 4.39 Å². The number of nitrogens with zero attached hydrogens (tertiary/aromatic N) is 2. The molecule has 0 spiro atoms. The molecule has 0 bridgehead atoms. The first-order valence-electron chi connectivity index (χ1n) is 10.2. The summed E-state index contributed by atoms with van der Waals surface area (Å²) in [6.45, 7) is 6.18. The SMILES string of the molecule is CCNC(=NCC(Cc1ccc(F)cc1)C(N)=O)N(C)Cc1ccc(OCC)cc1. The summed E-state index contributed by atoms with van der Waals surface area (Å²) in [6.07, 6.45) is 0.418. The maximum absolute atomic E-state index is 13.1. The fraction of sp³-hybridized carbons (Fsp3) is 0.391. The summed E-state index contributed by atoms with van der Waals surface area (Å²) in [5, 5.41) is 3.25. The van der Waals surface area contributed by atoms with Gasteiger partial charge in [0, 0.05) is 20.1 Å². The van der Waals surface area contributed by atoms with Crippen molar-refractivity contribution in [3.8, 4) is 5.75 Å². The topological polar surface area (TPSA) is 79.9 Å². The van der Waals surface area contributed by atoms with Crippen molar-refractivity contribution >= 4 is 11.9 Å². The average molecular weight is 415 g/mol. The standard InChI is InChI=1S/C23H31FN4O2/c1-4-26-23(28(3)16-18-8-12-21(13-9-18)30-5-2)27-15-19(22(25)29)14-17-6-10-20(24)11-7-17/h6-13,19H,4-5,14-16H2,1-3H3,(H2,25,29)(H,26,27). The molecule has 3 N–H and O–H groups in total. The number of hydrogen-bond donors (Lipinski definition) is 2. The van der Waals surface area contributed by atoms with Crippen molar-refractivity contribution in [2.75, 3.05) is 26.7 Å². The molecule has 1 atom stereocenters. The molecule has 2 aromatic rings.